The van der Waals surface area contributed by atoms with Gasteiger partial charge in [-0.15, -0.1) is 0 Å². The molecule has 9 heteroatoms. The molecule has 2 heterocycles. The van der Waals surface area contributed by atoms with Gasteiger partial charge >= 0.3 is 5.97 Å². The fourth-order valence-electron chi connectivity index (χ4n) is 6.46. The molecule has 1 aliphatic heterocycles. The fraction of sp³-hybridized carbons (Fsp3) is 0.394. The van der Waals surface area contributed by atoms with E-state index in [1.807, 2.05) is 48.9 Å². The number of allylic oxidation sites excluding steroid dienone is 6. The van der Waals surface area contributed by atoms with E-state index in [0.29, 0.717) is 30.2 Å². The number of fused-ring (bicyclic) bond motifs is 1. The number of sulfonamides is 1. The van der Waals surface area contributed by atoms with Crippen LogP contribution in [0.3, 0.4) is 0 Å². The zero-order chi connectivity index (χ0) is 29.4. The van der Waals surface area contributed by atoms with Gasteiger partial charge < -0.3 is 9.84 Å². The summed E-state index contributed by atoms with van der Waals surface area (Å²) in [7, 11) is -3.84. The standard InChI is InChI=1S/C33H37N3O5S/c1-3-41-26-14-16-32(28(18-26)24-11-7-8-12-24)42(39,40)35-20-22(2)31(21-35)36-30-17-25(23-9-5-4-6-10-23)13-15-27(30)29(34-36)19-33(37)38/h7,9,11-18,22,31H,3-6,8,10,19-21H2,1-2H3,(H,37,38)/t22-,31+/m1/s1. The van der Waals surface area contributed by atoms with Gasteiger partial charge in [0.15, 0.2) is 0 Å². The lowest BCUT2D eigenvalue weighted by Crippen LogP contribution is -2.30. The van der Waals surface area contributed by atoms with E-state index in [1.54, 1.807) is 16.4 Å². The summed E-state index contributed by atoms with van der Waals surface area (Å²) < 4.78 is 37.5. The van der Waals surface area contributed by atoms with Crippen molar-refractivity contribution in [2.75, 3.05) is 19.7 Å². The molecule has 0 unspecified atom stereocenters. The van der Waals surface area contributed by atoms with Gasteiger partial charge in [-0.05, 0) is 85.9 Å². The first-order valence-corrected chi connectivity index (χ1v) is 16.3. The van der Waals surface area contributed by atoms with Crippen LogP contribution >= 0.6 is 0 Å². The molecular weight excluding hydrogens is 550 g/mol. The van der Waals surface area contributed by atoms with Crippen molar-refractivity contribution in [2.45, 2.75) is 63.3 Å². The van der Waals surface area contributed by atoms with E-state index in [1.165, 1.54) is 12.0 Å². The number of aliphatic carboxylic acids is 1. The largest absolute Gasteiger partial charge is 0.494 e. The summed E-state index contributed by atoms with van der Waals surface area (Å²) in [6.07, 6.45) is 13.3. The van der Waals surface area contributed by atoms with Crippen LogP contribution in [0.5, 0.6) is 5.75 Å². The minimum Gasteiger partial charge on any atom is -0.494 e. The highest BCUT2D eigenvalue weighted by atomic mass is 32.2. The van der Waals surface area contributed by atoms with Gasteiger partial charge in [-0.25, -0.2) is 8.42 Å². The van der Waals surface area contributed by atoms with Gasteiger partial charge in [0.25, 0.3) is 0 Å². The first-order chi connectivity index (χ1) is 20.3. The van der Waals surface area contributed by atoms with Crippen molar-refractivity contribution in [3.63, 3.8) is 0 Å². The average molecular weight is 588 g/mol. The summed E-state index contributed by atoms with van der Waals surface area (Å²) >= 11 is 0. The van der Waals surface area contributed by atoms with E-state index in [2.05, 4.69) is 18.2 Å². The Balaban J connectivity index is 1.38. The number of aromatic nitrogens is 2. The van der Waals surface area contributed by atoms with Gasteiger partial charge in [0.05, 0.1) is 35.2 Å². The van der Waals surface area contributed by atoms with E-state index >= 15 is 0 Å². The Kier molecular flexibility index (Phi) is 7.81. The highest BCUT2D eigenvalue weighted by Crippen LogP contribution is 2.39. The quantitative estimate of drug-likeness (QED) is 0.318. The van der Waals surface area contributed by atoms with E-state index < -0.39 is 16.0 Å². The van der Waals surface area contributed by atoms with Gasteiger partial charge in [-0.3, -0.25) is 9.48 Å². The Labute approximate surface area is 247 Å². The van der Waals surface area contributed by atoms with Crippen LogP contribution in [0.15, 0.2) is 65.6 Å². The molecule has 2 atom stereocenters. The van der Waals surface area contributed by atoms with Gasteiger partial charge in [0.1, 0.15) is 5.75 Å². The Hall–Kier alpha value is -3.69. The summed E-state index contributed by atoms with van der Waals surface area (Å²) in [5, 5.41) is 15.2. The Morgan fingerprint density at radius 1 is 1.12 bits per heavy atom. The summed E-state index contributed by atoms with van der Waals surface area (Å²) in [4.78, 5) is 12.0. The second-order valence-electron chi connectivity index (χ2n) is 11.4. The van der Waals surface area contributed by atoms with Crippen LogP contribution in [0, 0.1) is 5.92 Å². The first-order valence-electron chi connectivity index (χ1n) is 14.8. The van der Waals surface area contributed by atoms with Crippen LogP contribution in [0.1, 0.15) is 68.8 Å². The van der Waals surface area contributed by atoms with Crippen LogP contribution in [0.25, 0.3) is 22.0 Å². The second-order valence-corrected chi connectivity index (χ2v) is 13.3. The number of nitrogens with zero attached hydrogens (tertiary/aromatic N) is 3. The topological polar surface area (TPSA) is 102 Å². The Morgan fingerprint density at radius 2 is 1.98 bits per heavy atom. The molecule has 0 radical (unpaired) electrons. The molecule has 0 amide bonds. The zero-order valence-corrected chi connectivity index (χ0v) is 24.9. The molecule has 3 aromatic rings. The van der Waals surface area contributed by atoms with Crippen molar-refractivity contribution in [3.8, 4) is 5.75 Å². The molecule has 42 heavy (non-hydrogen) atoms. The number of hydrogen-bond donors (Lipinski definition) is 1. The predicted molar refractivity (Wildman–Crippen MR) is 164 cm³/mol. The van der Waals surface area contributed by atoms with Gasteiger partial charge in [0.2, 0.25) is 10.0 Å². The minimum atomic E-state index is -3.84. The number of hydrogen-bond acceptors (Lipinski definition) is 5. The molecule has 8 nitrogen and oxygen atoms in total. The Morgan fingerprint density at radius 3 is 2.69 bits per heavy atom. The van der Waals surface area contributed by atoms with Crippen molar-refractivity contribution in [1.29, 1.82) is 0 Å². The maximum atomic E-state index is 14.2. The predicted octanol–water partition coefficient (Wildman–Crippen LogP) is 6.24. The number of carboxylic acid groups (broad SMARTS) is 1. The molecular formula is C33H37N3O5S. The lowest BCUT2D eigenvalue weighted by Gasteiger charge is -2.20. The molecule has 1 saturated heterocycles. The number of rotatable bonds is 9. The van der Waals surface area contributed by atoms with Crippen molar-refractivity contribution in [2.24, 2.45) is 5.92 Å². The van der Waals surface area contributed by atoms with Crippen LogP contribution in [0.4, 0.5) is 0 Å². The third-order valence-electron chi connectivity index (χ3n) is 8.58. The molecule has 0 bridgehead atoms. The molecule has 2 aromatic carbocycles. The molecule has 1 N–H and O–H groups in total. The van der Waals surface area contributed by atoms with Crippen LogP contribution in [-0.2, 0) is 21.2 Å². The molecule has 2 aliphatic carbocycles. The molecule has 0 spiro atoms. The zero-order valence-electron chi connectivity index (χ0n) is 24.1. The van der Waals surface area contributed by atoms with E-state index in [-0.39, 0.29) is 29.8 Å². The van der Waals surface area contributed by atoms with Crippen molar-refractivity contribution >= 4 is 38.0 Å². The van der Waals surface area contributed by atoms with Gasteiger partial charge in [0, 0.05) is 24.0 Å². The highest BCUT2D eigenvalue weighted by Gasteiger charge is 2.40. The number of ether oxygens (including phenoxy) is 1. The van der Waals surface area contributed by atoms with Crippen LogP contribution < -0.4 is 4.74 Å². The first kappa shape index (κ1) is 28.4. The van der Waals surface area contributed by atoms with Gasteiger partial charge in [-0.1, -0.05) is 43.4 Å². The number of carboxylic acids is 1. The fourth-order valence-corrected chi connectivity index (χ4v) is 8.22. The summed E-state index contributed by atoms with van der Waals surface area (Å²) in [6, 6.07) is 11.1. The number of carbonyl (C=O) groups is 1. The maximum Gasteiger partial charge on any atom is 0.309 e. The van der Waals surface area contributed by atoms with Crippen LogP contribution in [0.2, 0.25) is 0 Å². The van der Waals surface area contributed by atoms with Crippen molar-refractivity contribution < 1.29 is 23.1 Å². The SMILES string of the molecule is CCOc1ccc(S(=O)(=O)N2C[C@@H](C)[C@@H](n3nc(CC(=O)O)c4ccc(C5=CCCCC5)cc43)C2)c(C2=CCC=C2)c1. The normalized spacial score (nSPS) is 21.1. The molecule has 1 aromatic heterocycles. The van der Waals surface area contributed by atoms with E-state index in [0.717, 1.165) is 47.7 Å². The molecule has 220 valence electrons. The summed E-state index contributed by atoms with van der Waals surface area (Å²) in [6.45, 7) is 5.03. The average Bonchev–Trinajstić information content (AvgIpc) is 3.73. The van der Waals surface area contributed by atoms with E-state index in [9.17, 15) is 18.3 Å². The smallest absolute Gasteiger partial charge is 0.309 e. The van der Waals surface area contributed by atoms with Crippen molar-refractivity contribution in [1.82, 2.24) is 14.1 Å². The highest BCUT2D eigenvalue weighted by molar-refractivity contribution is 7.89. The van der Waals surface area contributed by atoms with Crippen LogP contribution in [-0.4, -0.2) is 53.3 Å². The summed E-state index contributed by atoms with van der Waals surface area (Å²) in [5.41, 5.74) is 5.30. The lowest BCUT2D eigenvalue weighted by atomic mass is 9.93. The molecule has 0 saturated carbocycles. The van der Waals surface area contributed by atoms with Crippen molar-refractivity contribution in [3.05, 3.63) is 77.5 Å². The minimum absolute atomic E-state index is 0.0326. The molecule has 3 aliphatic rings. The molecule has 6 rings (SSSR count). The Bertz CT molecular complexity index is 1730. The second kappa shape index (κ2) is 11.5. The third-order valence-corrected chi connectivity index (χ3v) is 10.5. The summed E-state index contributed by atoms with van der Waals surface area (Å²) in [5.74, 6) is -0.337. The molecule has 1 fully saturated rings. The monoisotopic (exact) mass is 587 g/mol. The third kappa shape index (κ3) is 5.31. The van der Waals surface area contributed by atoms with E-state index in [4.69, 9.17) is 9.84 Å². The van der Waals surface area contributed by atoms with Gasteiger partial charge in [-0.2, -0.15) is 9.40 Å². The lowest BCUT2D eigenvalue weighted by molar-refractivity contribution is -0.136. The number of benzene rings is 2. The maximum absolute atomic E-state index is 14.2.